The molecule has 3 aliphatic rings. The van der Waals surface area contributed by atoms with Crippen molar-refractivity contribution in [1.82, 2.24) is 15.2 Å². The molecule has 0 aliphatic carbocycles. The highest BCUT2D eigenvalue weighted by Crippen LogP contribution is 2.28. The molecule has 0 radical (unpaired) electrons. The zero-order valence-electron chi connectivity index (χ0n) is 11.6. The predicted octanol–water partition coefficient (Wildman–Crippen LogP) is 1.34. The molecule has 2 bridgehead atoms. The number of nitrogen functional groups attached to an aromatic ring is 1. The van der Waals surface area contributed by atoms with Crippen molar-refractivity contribution in [2.45, 2.75) is 25.8 Å². The fourth-order valence-corrected chi connectivity index (χ4v) is 3.74. The summed E-state index contributed by atoms with van der Waals surface area (Å²) in [5.74, 6) is 0.596. The predicted molar refractivity (Wildman–Crippen MR) is 81.3 cm³/mol. The van der Waals surface area contributed by atoms with Crippen LogP contribution < -0.4 is 11.1 Å². The zero-order valence-corrected chi connectivity index (χ0v) is 12.4. The molecule has 3 fully saturated rings. The third kappa shape index (κ3) is 2.58. The molecule has 5 nitrogen and oxygen atoms in total. The molecule has 4 heterocycles. The van der Waals surface area contributed by atoms with Crippen molar-refractivity contribution in [2.75, 3.05) is 25.4 Å². The number of aromatic nitrogens is 1. The number of hydrogen-bond donors (Lipinski definition) is 2. The fourth-order valence-electron chi connectivity index (χ4n) is 3.18. The van der Waals surface area contributed by atoms with Gasteiger partial charge in [-0.05, 0) is 38.8 Å². The molecule has 20 heavy (non-hydrogen) atoms. The summed E-state index contributed by atoms with van der Waals surface area (Å²) in [7, 11) is 0. The van der Waals surface area contributed by atoms with Gasteiger partial charge in [-0.15, -0.1) is 11.3 Å². The Hall–Kier alpha value is -1.40. The van der Waals surface area contributed by atoms with E-state index in [0.717, 1.165) is 6.54 Å². The first-order chi connectivity index (χ1) is 9.67. The Morgan fingerprint density at radius 2 is 2.30 bits per heavy atom. The lowest BCUT2D eigenvalue weighted by Crippen LogP contribution is -2.57. The third-order valence-corrected chi connectivity index (χ3v) is 4.98. The number of fused-ring (bicyclic) bond motifs is 3. The zero-order chi connectivity index (χ0) is 14.1. The maximum atomic E-state index is 12.5. The van der Waals surface area contributed by atoms with Gasteiger partial charge in [0.2, 0.25) is 0 Å². The normalized spacial score (nSPS) is 29.4. The number of anilines is 1. The first-order valence-electron chi connectivity index (χ1n) is 7.08. The molecule has 3 aliphatic heterocycles. The van der Waals surface area contributed by atoms with E-state index in [0.29, 0.717) is 22.3 Å². The molecule has 4 rings (SSSR count). The highest BCUT2D eigenvalue weighted by Gasteiger charge is 2.35. The molecule has 3 N–H and O–H groups in total. The van der Waals surface area contributed by atoms with Gasteiger partial charge in [0, 0.05) is 18.0 Å². The summed E-state index contributed by atoms with van der Waals surface area (Å²) in [5, 5.41) is 5.51. The van der Waals surface area contributed by atoms with E-state index >= 15 is 0 Å². The number of carbonyl (C=O) groups excluding carboxylic acids is 1. The molecule has 0 saturated carbocycles. The van der Waals surface area contributed by atoms with Crippen LogP contribution in [0, 0.1) is 5.92 Å². The minimum atomic E-state index is -0.0310. The standard InChI is InChI=1S/C14H20N4OS/c1-2-10(12-8-20-14(15)17-12)13(19)16-11-7-18-5-3-9(11)4-6-18/h2,8-9,11H,3-7H2,1H3,(H2,15,17)(H,16,19). The summed E-state index contributed by atoms with van der Waals surface area (Å²) in [5.41, 5.74) is 6.94. The largest absolute Gasteiger partial charge is 0.375 e. The highest BCUT2D eigenvalue weighted by molar-refractivity contribution is 7.13. The molecule has 1 unspecified atom stereocenters. The minimum Gasteiger partial charge on any atom is -0.375 e. The number of nitrogens with two attached hydrogens (primary N) is 1. The number of amides is 1. The third-order valence-electron chi connectivity index (χ3n) is 4.30. The molecular formula is C14H20N4OS. The van der Waals surface area contributed by atoms with Crippen molar-refractivity contribution in [3.8, 4) is 0 Å². The van der Waals surface area contributed by atoms with Crippen LogP contribution in [0.3, 0.4) is 0 Å². The van der Waals surface area contributed by atoms with Crippen LogP contribution in [0.5, 0.6) is 0 Å². The van der Waals surface area contributed by atoms with Gasteiger partial charge < -0.3 is 16.0 Å². The number of nitrogens with one attached hydrogen (secondary N) is 1. The van der Waals surface area contributed by atoms with Crippen LogP contribution in [-0.4, -0.2) is 41.5 Å². The molecule has 0 aromatic carbocycles. The van der Waals surface area contributed by atoms with Gasteiger partial charge in [-0.1, -0.05) is 6.08 Å². The van der Waals surface area contributed by atoms with Crippen LogP contribution in [0.25, 0.3) is 5.57 Å². The Morgan fingerprint density at radius 3 is 2.80 bits per heavy atom. The van der Waals surface area contributed by atoms with E-state index in [1.165, 1.54) is 37.3 Å². The number of allylic oxidation sites excluding steroid dienone is 1. The van der Waals surface area contributed by atoms with E-state index in [4.69, 9.17) is 5.73 Å². The highest BCUT2D eigenvalue weighted by atomic mass is 32.1. The summed E-state index contributed by atoms with van der Waals surface area (Å²) >= 11 is 1.36. The minimum absolute atomic E-state index is 0.0310. The maximum Gasteiger partial charge on any atom is 0.253 e. The topological polar surface area (TPSA) is 71.2 Å². The monoisotopic (exact) mass is 292 g/mol. The Labute approximate surface area is 122 Å². The van der Waals surface area contributed by atoms with E-state index in [1.807, 2.05) is 18.4 Å². The Bertz CT molecular complexity index is 531. The lowest BCUT2D eigenvalue weighted by Gasteiger charge is -2.45. The number of nitrogens with zero attached hydrogens (tertiary/aromatic N) is 2. The number of piperidine rings is 3. The quantitative estimate of drug-likeness (QED) is 0.825. The number of hydrogen-bond acceptors (Lipinski definition) is 5. The van der Waals surface area contributed by atoms with Crippen molar-refractivity contribution in [3.63, 3.8) is 0 Å². The van der Waals surface area contributed by atoms with Crippen LogP contribution in [0.1, 0.15) is 25.5 Å². The van der Waals surface area contributed by atoms with E-state index in [-0.39, 0.29) is 11.9 Å². The van der Waals surface area contributed by atoms with Crippen molar-refractivity contribution < 1.29 is 4.79 Å². The van der Waals surface area contributed by atoms with Crippen LogP contribution >= 0.6 is 11.3 Å². The molecule has 6 heteroatoms. The van der Waals surface area contributed by atoms with Crippen molar-refractivity contribution >= 4 is 27.9 Å². The summed E-state index contributed by atoms with van der Waals surface area (Å²) in [6.07, 6.45) is 4.20. The van der Waals surface area contributed by atoms with Crippen LogP contribution in [-0.2, 0) is 4.79 Å². The smallest absolute Gasteiger partial charge is 0.253 e. The lowest BCUT2D eigenvalue weighted by atomic mass is 9.84. The van der Waals surface area contributed by atoms with Gasteiger partial charge in [0.25, 0.3) is 5.91 Å². The van der Waals surface area contributed by atoms with Gasteiger partial charge in [0.15, 0.2) is 5.13 Å². The number of rotatable bonds is 3. The van der Waals surface area contributed by atoms with Crippen LogP contribution in [0.2, 0.25) is 0 Å². The van der Waals surface area contributed by atoms with Gasteiger partial charge in [-0.3, -0.25) is 4.79 Å². The van der Waals surface area contributed by atoms with Gasteiger partial charge in [0.05, 0.1) is 11.3 Å². The first-order valence-corrected chi connectivity index (χ1v) is 7.96. The molecule has 1 aromatic rings. The average molecular weight is 292 g/mol. The molecular weight excluding hydrogens is 272 g/mol. The van der Waals surface area contributed by atoms with E-state index < -0.39 is 0 Å². The summed E-state index contributed by atoms with van der Waals surface area (Å²) in [6, 6.07) is 0.274. The second-order valence-corrected chi connectivity index (χ2v) is 6.38. The Kier molecular flexibility index (Phi) is 3.76. The van der Waals surface area contributed by atoms with Crippen LogP contribution in [0.15, 0.2) is 11.5 Å². The molecule has 1 atom stereocenters. The van der Waals surface area contributed by atoms with Crippen molar-refractivity contribution in [3.05, 3.63) is 17.2 Å². The summed E-state index contributed by atoms with van der Waals surface area (Å²) in [6.45, 7) is 5.19. The fraction of sp³-hybridized carbons (Fsp3) is 0.571. The molecule has 3 saturated heterocycles. The lowest BCUT2D eigenvalue weighted by molar-refractivity contribution is -0.117. The second-order valence-electron chi connectivity index (χ2n) is 5.49. The van der Waals surface area contributed by atoms with Gasteiger partial charge in [-0.25, -0.2) is 4.98 Å². The second kappa shape index (κ2) is 5.54. The average Bonchev–Trinajstić information content (AvgIpc) is 2.87. The SMILES string of the molecule is CC=C(C(=O)NC1CN2CCC1CC2)c1csc(N)n1. The number of thiazole rings is 1. The first kappa shape index (κ1) is 13.6. The summed E-state index contributed by atoms with van der Waals surface area (Å²) in [4.78, 5) is 19.1. The maximum absolute atomic E-state index is 12.5. The van der Waals surface area contributed by atoms with E-state index in [9.17, 15) is 4.79 Å². The molecule has 108 valence electrons. The molecule has 1 amide bonds. The van der Waals surface area contributed by atoms with Crippen molar-refractivity contribution in [1.29, 1.82) is 0 Å². The van der Waals surface area contributed by atoms with Gasteiger partial charge in [0.1, 0.15) is 0 Å². The molecule has 1 aromatic heterocycles. The van der Waals surface area contributed by atoms with E-state index in [2.05, 4.69) is 15.2 Å². The molecule has 0 spiro atoms. The Balaban J connectivity index is 1.69. The van der Waals surface area contributed by atoms with Crippen molar-refractivity contribution in [2.24, 2.45) is 5.92 Å². The van der Waals surface area contributed by atoms with Crippen LogP contribution in [0.4, 0.5) is 5.13 Å². The Morgan fingerprint density at radius 1 is 1.55 bits per heavy atom. The number of carbonyl (C=O) groups is 1. The van der Waals surface area contributed by atoms with Gasteiger partial charge in [-0.2, -0.15) is 0 Å². The summed E-state index contributed by atoms with van der Waals surface area (Å²) < 4.78 is 0. The van der Waals surface area contributed by atoms with Gasteiger partial charge >= 0.3 is 0 Å². The van der Waals surface area contributed by atoms with E-state index in [1.54, 1.807) is 0 Å².